The van der Waals surface area contributed by atoms with E-state index in [4.69, 9.17) is 14.9 Å². The summed E-state index contributed by atoms with van der Waals surface area (Å²) in [5.74, 6) is -1.16. The molecule has 8 nitrogen and oxygen atoms in total. The van der Waals surface area contributed by atoms with Crippen molar-refractivity contribution >= 4 is 28.8 Å². The average Bonchev–Trinajstić information content (AvgIpc) is 2.97. The first-order chi connectivity index (χ1) is 10.4. The number of aromatic nitrogens is 1. The predicted octanol–water partition coefficient (Wildman–Crippen LogP) is 0.986. The van der Waals surface area contributed by atoms with Crippen molar-refractivity contribution < 1.29 is 18.7 Å². The topological polar surface area (TPSA) is 108 Å². The summed E-state index contributed by atoms with van der Waals surface area (Å²) in [6.07, 6.45) is -1.63. The molecule has 22 heavy (non-hydrogen) atoms. The number of carbonyl (C=O) groups is 2. The van der Waals surface area contributed by atoms with Crippen LogP contribution < -0.4 is 16.4 Å². The first-order valence-corrected chi connectivity index (χ1v) is 6.81. The van der Waals surface area contributed by atoms with Gasteiger partial charge in [0.15, 0.2) is 11.7 Å². The maximum absolute atomic E-state index is 11.8. The molecule has 2 N–H and O–H groups in total. The first-order valence-electron chi connectivity index (χ1n) is 6.81. The minimum absolute atomic E-state index is 0.0365. The largest absolute Gasteiger partial charge is 0.434 e. The van der Waals surface area contributed by atoms with Gasteiger partial charge in [0.1, 0.15) is 0 Å². The Morgan fingerprint density at radius 2 is 2.09 bits per heavy atom. The SMILES string of the molecule is CC(C)n1c(=O)oc2cc(N3CC(C(N)=O)OC3=O)ccc21. The van der Waals surface area contributed by atoms with E-state index in [9.17, 15) is 14.4 Å². The van der Waals surface area contributed by atoms with Crippen LogP contribution in [0.3, 0.4) is 0 Å². The maximum atomic E-state index is 11.8. The Morgan fingerprint density at radius 1 is 1.36 bits per heavy atom. The zero-order valence-electron chi connectivity index (χ0n) is 12.1. The van der Waals surface area contributed by atoms with Crippen LogP contribution in [0.5, 0.6) is 0 Å². The van der Waals surface area contributed by atoms with E-state index in [1.807, 2.05) is 13.8 Å². The standard InChI is InChI=1S/C14H15N3O5/c1-7(2)17-9-4-3-8(5-10(9)21-14(17)20)16-6-11(12(15)18)22-13(16)19/h3-5,7,11H,6H2,1-2H3,(H2,15,18). The maximum Gasteiger partial charge on any atom is 0.420 e. The zero-order chi connectivity index (χ0) is 16.0. The highest BCUT2D eigenvalue weighted by Gasteiger charge is 2.36. The van der Waals surface area contributed by atoms with Crippen LogP contribution in [0, 0.1) is 0 Å². The molecule has 116 valence electrons. The summed E-state index contributed by atoms with van der Waals surface area (Å²) in [7, 11) is 0. The van der Waals surface area contributed by atoms with E-state index in [-0.39, 0.29) is 12.6 Å². The van der Waals surface area contributed by atoms with Crippen molar-refractivity contribution in [3.63, 3.8) is 0 Å². The van der Waals surface area contributed by atoms with Gasteiger partial charge in [0, 0.05) is 12.1 Å². The van der Waals surface area contributed by atoms with E-state index >= 15 is 0 Å². The monoisotopic (exact) mass is 305 g/mol. The number of primary amides is 1. The number of rotatable bonds is 3. The Labute approximate surface area is 125 Å². The van der Waals surface area contributed by atoms with Crippen molar-refractivity contribution in [2.45, 2.75) is 26.0 Å². The van der Waals surface area contributed by atoms with Gasteiger partial charge in [0.25, 0.3) is 5.91 Å². The van der Waals surface area contributed by atoms with Gasteiger partial charge in [-0.15, -0.1) is 0 Å². The second kappa shape index (κ2) is 4.90. The number of fused-ring (bicyclic) bond motifs is 1. The molecule has 1 aliphatic rings. The van der Waals surface area contributed by atoms with Gasteiger partial charge in [0.2, 0.25) is 0 Å². The van der Waals surface area contributed by atoms with E-state index in [1.165, 1.54) is 9.47 Å². The fourth-order valence-electron chi connectivity index (χ4n) is 2.50. The predicted molar refractivity (Wildman–Crippen MR) is 77.7 cm³/mol. The highest BCUT2D eigenvalue weighted by molar-refractivity contribution is 5.96. The number of benzene rings is 1. The normalized spacial score (nSPS) is 18.2. The molecule has 0 bridgehead atoms. The van der Waals surface area contributed by atoms with Crippen molar-refractivity contribution in [2.75, 3.05) is 11.4 Å². The van der Waals surface area contributed by atoms with Crippen LogP contribution in [0.2, 0.25) is 0 Å². The summed E-state index contributed by atoms with van der Waals surface area (Å²) in [6.45, 7) is 3.79. The van der Waals surface area contributed by atoms with Crippen LogP contribution in [0.25, 0.3) is 11.1 Å². The number of oxazole rings is 1. The number of hydrogen-bond donors (Lipinski definition) is 1. The Kier molecular flexibility index (Phi) is 3.16. The first kappa shape index (κ1) is 14.2. The van der Waals surface area contributed by atoms with E-state index in [1.54, 1.807) is 18.2 Å². The lowest BCUT2D eigenvalue weighted by atomic mass is 10.2. The van der Waals surface area contributed by atoms with Crippen LogP contribution in [0.15, 0.2) is 27.4 Å². The molecule has 1 fully saturated rings. The lowest BCUT2D eigenvalue weighted by Gasteiger charge is -2.12. The number of nitrogens with two attached hydrogens (primary N) is 1. The summed E-state index contributed by atoms with van der Waals surface area (Å²) in [5.41, 5.74) is 6.63. The van der Waals surface area contributed by atoms with Gasteiger partial charge in [-0.25, -0.2) is 9.59 Å². The summed E-state index contributed by atoms with van der Waals surface area (Å²) in [6, 6.07) is 4.89. The minimum Gasteiger partial charge on any atom is -0.434 e. The zero-order valence-corrected chi connectivity index (χ0v) is 12.1. The third-order valence-electron chi connectivity index (χ3n) is 3.55. The summed E-state index contributed by atoms with van der Waals surface area (Å²) < 4.78 is 11.6. The summed E-state index contributed by atoms with van der Waals surface area (Å²) in [5, 5.41) is 0. The third-order valence-corrected chi connectivity index (χ3v) is 3.55. The van der Waals surface area contributed by atoms with Crippen molar-refractivity contribution in [3.05, 3.63) is 28.7 Å². The molecule has 8 heteroatoms. The molecular formula is C14H15N3O5. The van der Waals surface area contributed by atoms with E-state index < -0.39 is 23.9 Å². The molecule has 0 spiro atoms. The number of anilines is 1. The lowest BCUT2D eigenvalue weighted by molar-refractivity contribution is -0.124. The number of nitrogens with zero attached hydrogens (tertiary/aromatic N) is 2. The smallest absolute Gasteiger partial charge is 0.420 e. The molecule has 2 heterocycles. The third kappa shape index (κ3) is 2.12. The fourth-order valence-corrected chi connectivity index (χ4v) is 2.50. The van der Waals surface area contributed by atoms with Crippen LogP contribution in [0.4, 0.5) is 10.5 Å². The Hall–Kier alpha value is -2.77. The molecule has 2 aromatic rings. The summed E-state index contributed by atoms with van der Waals surface area (Å²) >= 11 is 0. The number of carbonyl (C=O) groups excluding carboxylic acids is 2. The Balaban J connectivity index is 2.02. The molecular weight excluding hydrogens is 290 g/mol. The van der Waals surface area contributed by atoms with E-state index in [0.717, 1.165) is 0 Å². The number of ether oxygens (including phenoxy) is 1. The van der Waals surface area contributed by atoms with Crippen LogP contribution >= 0.6 is 0 Å². The molecule has 0 radical (unpaired) electrons. The van der Waals surface area contributed by atoms with E-state index in [2.05, 4.69) is 0 Å². The van der Waals surface area contributed by atoms with Crippen LogP contribution in [0.1, 0.15) is 19.9 Å². The molecule has 1 atom stereocenters. The van der Waals surface area contributed by atoms with Crippen LogP contribution in [-0.2, 0) is 9.53 Å². The van der Waals surface area contributed by atoms with E-state index in [0.29, 0.717) is 16.8 Å². The molecule has 0 aliphatic carbocycles. The molecule has 1 aromatic heterocycles. The Morgan fingerprint density at radius 3 is 2.68 bits per heavy atom. The van der Waals surface area contributed by atoms with Gasteiger partial charge in [-0.05, 0) is 26.0 Å². The van der Waals surface area contributed by atoms with Gasteiger partial charge in [0.05, 0.1) is 17.7 Å². The van der Waals surface area contributed by atoms with Crippen molar-refractivity contribution in [2.24, 2.45) is 5.73 Å². The minimum atomic E-state index is -0.976. The van der Waals surface area contributed by atoms with Crippen molar-refractivity contribution in [1.82, 2.24) is 4.57 Å². The highest BCUT2D eigenvalue weighted by atomic mass is 16.6. The quantitative estimate of drug-likeness (QED) is 0.909. The van der Waals surface area contributed by atoms with Crippen molar-refractivity contribution in [1.29, 1.82) is 0 Å². The second-order valence-electron chi connectivity index (χ2n) is 5.37. The van der Waals surface area contributed by atoms with Crippen LogP contribution in [-0.4, -0.2) is 29.2 Å². The number of hydrogen-bond acceptors (Lipinski definition) is 5. The molecule has 1 aliphatic heterocycles. The highest BCUT2D eigenvalue weighted by Crippen LogP contribution is 2.26. The fraction of sp³-hybridized carbons (Fsp3) is 0.357. The van der Waals surface area contributed by atoms with Crippen molar-refractivity contribution in [3.8, 4) is 0 Å². The number of cyclic esters (lactones) is 1. The molecule has 1 aromatic carbocycles. The van der Waals surface area contributed by atoms with Gasteiger partial charge < -0.3 is 14.9 Å². The van der Waals surface area contributed by atoms with Gasteiger partial charge >= 0.3 is 11.8 Å². The van der Waals surface area contributed by atoms with Gasteiger partial charge in [-0.1, -0.05) is 0 Å². The molecule has 3 rings (SSSR count). The molecule has 1 saturated heterocycles. The van der Waals surface area contributed by atoms with Gasteiger partial charge in [-0.3, -0.25) is 14.3 Å². The second-order valence-corrected chi connectivity index (χ2v) is 5.37. The van der Waals surface area contributed by atoms with Gasteiger partial charge in [-0.2, -0.15) is 0 Å². The molecule has 2 amide bonds. The average molecular weight is 305 g/mol. The Bertz CT molecular complexity index is 819. The summed E-state index contributed by atoms with van der Waals surface area (Å²) in [4.78, 5) is 36.0. The lowest BCUT2D eigenvalue weighted by Crippen LogP contribution is -2.32. The molecule has 0 saturated carbocycles. The molecule has 1 unspecified atom stereocenters. The number of amides is 2.